The fourth-order valence-electron chi connectivity index (χ4n) is 0. The summed E-state index contributed by atoms with van der Waals surface area (Å²) < 4.78 is 0. The maximum absolute atomic E-state index is 0. The molecule has 0 atom stereocenters. The molecule has 0 amide bonds. The van der Waals surface area contributed by atoms with E-state index in [2.05, 4.69) is 0 Å². The van der Waals surface area contributed by atoms with E-state index in [0.717, 1.165) is 0 Å². The maximum atomic E-state index is 0. The van der Waals surface area contributed by atoms with E-state index >= 15 is 0 Å². The summed E-state index contributed by atoms with van der Waals surface area (Å²) in [5.74, 6) is 0. The molecule has 0 bridgehead atoms. The monoisotopic (exact) mass is 566 g/mol. The predicted octanol–water partition coefficient (Wildman–Crippen LogP) is -3.27. The first-order valence-electron chi connectivity index (χ1n) is 0. The van der Waals surface area contributed by atoms with Crippen molar-refractivity contribution in [3.8, 4) is 0 Å². The van der Waals surface area contributed by atoms with Gasteiger partial charge in [0, 0.05) is 96.1 Å². The Balaban J connectivity index is 0. The summed E-state index contributed by atoms with van der Waals surface area (Å²) in [6.07, 6.45) is 0. The van der Waals surface area contributed by atoms with Crippen LogP contribution in [-0.2, 0) is 26.2 Å². The van der Waals surface area contributed by atoms with Crippen molar-refractivity contribution < 1.29 is 141 Å². The summed E-state index contributed by atoms with van der Waals surface area (Å²) in [7, 11) is 0. The van der Waals surface area contributed by atoms with Crippen LogP contribution in [0.1, 0.15) is 1.43 Å². The van der Waals surface area contributed by atoms with Crippen LogP contribution in [-0.4, -0.2) is 25.8 Å². The Bertz CT molecular complexity index is 11.6. The molecule has 4 heavy (non-hydrogen) atoms. The SMILES string of the molecule is [Ac].[Cs+].[H-].[In].[Zr]. The van der Waals surface area contributed by atoms with E-state index in [9.17, 15) is 0 Å². The molecule has 0 unspecified atom stereocenters. The third kappa shape index (κ3) is 10.3. The van der Waals surface area contributed by atoms with E-state index in [1.165, 1.54) is 0 Å². The number of hydrogen-bond acceptors (Lipinski definition) is 0. The molecule has 0 heterocycles. The average Bonchev–Trinajstić information content (AvgIpc) is 0. The Morgan fingerprint density at radius 2 is 1.25 bits per heavy atom. The van der Waals surface area contributed by atoms with Crippen molar-refractivity contribution in [3.63, 3.8) is 0 Å². The molecular formula is HAcCsInZr. The van der Waals surface area contributed by atoms with Gasteiger partial charge in [0.2, 0.25) is 0 Å². The fraction of sp³-hybridized carbons (Fsp3) is 0. The molecule has 4 radical (unpaired) electrons. The Morgan fingerprint density at radius 3 is 1.25 bits per heavy atom. The van der Waals surface area contributed by atoms with Crippen LogP contribution in [0.2, 0.25) is 0 Å². The second-order valence-corrected chi connectivity index (χ2v) is 0. The van der Waals surface area contributed by atoms with Gasteiger partial charge >= 0.3 is 68.9 Å². The molecule has 0 saturated carbocycles. The van der Waals surface area contributed by atoms with Gasteiger partial charge in [0.25, 0.3) is 0 Å². The van der Waals surface area contributed by atoms with Crippen molar-refractivity contribution in [2.75, 3.05) is 0 Å². The number of hydrogen-bond donors (Lipinski definition) is 0. The molecule has 0 aliphatic carbocycles. The van der Waals surface area contributed by atoms with E-state index in [4.69, 9.17) is 0 Å². The largest absolute Gasteiger partial charge is 1.00 e. The van der Waals surface area contributed by atoms with Crippen molar-refractivity contribution in [2.24, 2.45) is 0 Å². The first kappa shape index (κ1) is 22.8. The predicted molar refractivity (Wildman–Crippen MR) is 6.87 cm³/mol. The Hall–Kier alpha value is 5.25. The summed E-state index contributed by atoms with van der Waals surface area (Å²) in [4.78, 5) is 0. The molecule has 0 aromatic heterocycles. The number of rotatable bonds is 0. The molecule has 0 fully saturated rings. The molecular weight excluding hydrogens is 566 g/mol. The van der Waals surface area contributed by atoms with Crippen molar-refractivity contribution in [3.05, 3.63) is 0 Å². The van der Waals surface area contributed by atoms with Gasteiger partial charge in [0.1, 0.15) is 0 Å². The minimum Gasteiger partial charge on any atom is -1.00 e. The quantitative estimate of drug-likeness (QED) is 0.289. The van der Waals surface area contributed by atoms with Crippen molar-refractivity contribution >= 4 is 25.8 Å². The molecule has 0 aromatic rings. The third-order valence-electron chi connectivity index (χ3n) is 0. The second-order valence-electron chi connectivity index (χ2n) is 0. The van der Waals surface area contributed by atoms with Gasteiger partial charge in [-0.25, -0.2) is 0 Å². The van der Waals surface area contributed by atoms with Gasteiger partial charge in [-0.1, -0.05) is 0 Å². The molecule has 0 aromatic carbocycles. The minimum absolute atomic E-state index is 0. The maximum Gasteiger partial charge on any atom is 1.00 e. The van der Waals surface area contributed by atoms with Crippen LogP contribution in [0, 0.1) is 44.1 Å². The van der Waals surface area contributed by atoms with Crippen molar-refractivity contribution in [2.45, 2.75) is 0 Å². The molecule has 0 N–H and O–H groups in total. The normalized spacial score (nSPS) is 0. The van der Waals surface area contributed by atoms with Gasteiger partial charge in [-0.05, 0) is 0 Å². The summed E-state index contributed by atoms with van der Waals surface area (Å²) in [6.45, 7) is 0. The van der Waals surface area contributed by atoms with Gasteiger partial charge in [0.05, 0.1) is 0 Å². The van der Waals surface area contributed by atoms with Crippen molar-refractivity contribution in [1.82, 2.24) is 0 Å². The molecule has 0 aliphatic rings. The topological polar surface area (TPSA) is 0 Å². The Morgan fingerprint density at radius 1 is 1.25 bits per heavy atom. The van der Waals surface area contributed by atoms with Crippen molar-refractivity contribution in [1.29, 1.82) is 0 Å². The van der Waals surface area contributed by atoms with Crippen LogP contribution in [0.3, 0.4) is 0 Å². The second kappa shape index (κ2) is 15.7. The van der Waals surface area contributed by atoms with Crippen LogP contribution in [0.25, 0.3) is 0 Å². The molecule has 0 aliphatic heterocycles. The Kier molecular flexibility index (Phi) is 89.8. The molecule has 4 heteroatoms. The van der Waals surface area contributed by atoms with Crippen LogP contribution >= 0.6 is 0 Å². The molecule has 0 spiro atoms. The molecule has 0 rings (SSSR count). The molecule has 0 nitrogen and oxygen atoms in total. The fourth-order valence-corrected chi connectivity index (χ4v) is 0. The summed E-state index contributed by atoms with van der Waals surface area (Å²) in [6, 6.07) is 0. The van der Waals surface area contributed by atoms with Crippen LogP contribution in [0.4, 0.5) is 0 Å². The minimum atomic E-state index is 0. The van der Waals surface area contributed by atoms with Gasteiger partial charge in [-0.15, -0.1) is 0 Å². The van der Waals surface area contributed by atoms with Gasteiger partial charge in [0.15, 0.2) is 0 Å². The Labute approximate surface area is 160 Å². The smallest absolute Gasteiger partial charge is 1.00 e. The summed E-state index contributed by atoms with van der Waals surface area (Å²) >= 11 is 0. The van der Waals surface area contributed by atoms with E-state index < -0.39 is 0 Å². The summed E-state index contributed by atoms with van der Waals surface area (Å²) in [5.41, 5.74) is 0. The van der Waals surface area contributed by atoms with E-state index in [1.54, 1.807) is 0 Å². The first-order valence-corrected chi connectivity index (χ1v) is 0. The van der Waals surface area contributed by atoms with E-state index in [-0.39, 0.29) is 166 Å². The zero-order chi connectivity index (χ0) is 0. The zero-order valence-electron chi connectivity index (χ0n) is 3.65. The summed E-state index contributed by atoms with van der Waals surface area (Å²) in [5, 5.41) is 0. The molecule has 0 saturated heterocycles. The van der Waals surface area contributed by atoms with E-state index in [1.807, 2.05) is 0 Å². The van der Waals surface area contributed by atoms with Crippen LogP contribution in [0.5, 0.6) is 0 Å². The zero-order valence-corrected chi connectivity index (χ0v) is 19.4. The first-order chi connectivity index (χ1) is 0. The van der Waals surface area contributed by atoms with Crippen LogP contribution < -0.4 is 68.9 Å². The van der Waals surface area contributed by atoms with Gasteiger partial charge in [-0.2, -0.15) is 0 Å². The third-order valence-corrected chi connectivity index (χ3v) is 0. The average molecular weight is 567 g/mol. The van der Waals surface area contributed by atoms with Crippen LogP contribution in [0.15, 0.2) is 0 Å². The van der Waals surface area contributed by atoms with E-state index in [0.29, 0.717) is 0 Å². The van der Waals surface area contributed by atoms with Gasteiger partial charge in [-0.3, -0.25) is 0 Å². The standard InChI is InChI=1S/Ac.Cs.In.Zr.H/q;+1;;;-1. The molecule has 12 valence electrons. The van der Waals surface area contributed by atoms with Gasteiger partial charge < -0.3 is 1.43 Å².